The van der Waals surface area contributed by atoms with Crippen LogP contribution in [0.3, 0.4) is 0 Å². The summed E-state index contributed by atoms with van der Waals surface area (Å²) >= 11 is 11.5. The van der Waals surface area contributed by atoms with Gasteiger partial charge in [0.1, 0.15) is 0 Å². The van der Waals surface area contributed by atoms with E-state index in [1.807, 2.05) is 17.0 Å². The molecule has 1 rings (SSSR count). The molecule has 0 aliphatic carbocycles. The van der Waals surface area contributed by atoms with E-state index in [1.54, 1.807) is 12.1 Å². The Hall–Kier alpha value is -0.730. The molecular formula is C13H17Cl2NO. The van der Waals surface area contributed by atoms with Gasteiger partial charge in [0, 0.05) is 24.0 Å². The SMILES string of the molecule is CCCN(CCCl)C(=O)Cc1ccc(Cl)cc1. The summed E-state index contributed by atoms with van der Waals surface area (Å²) in [6, 6.07) is 7.36. The van der Waals surface area contributed by atoms with Crippen molar-refractivity contribution in [3.63, 3.8) is 0 Å². The number of alkyl halides is 1. The van der Waals surface area contributed by atoms with E-state index in [1.165, 1.54) is 0 Å². The first kappa shape index (κ1) is 14.3. The molecule has 4 heteroatoms. The van der Waals surface area contributed by atoms with Crippen molar-refractivity contribution in [2.75, 3.05) is 19.0 Å². The molecule has 0 aromatic heterocycles. The number of benzene rings is 1. The fourth-order valence-corrected chi connectivity index (χ4v) is 1.95. The lowest BCUT2D eigenvalue weighted by atomic mass is 10.1. The lowest BCUT2D eigenvalue weighted by Crippen LogP contribution is -2.34. The molecule has 17 heavy (non-hydrogen) atoms. The van der Waals surface area contributed by atoms with Crippen LogP contribution in [0.15, 0.2) is 24.3 Å². The van der Waals surface area contributed by atoms with E-state index in [2.05, 4.69) is 6.92 Å². The van der Waals surface area contributed by atoms with Crippen molar-refractivity contribution >= 4 is 29.1 Å². The van der Waals surface area contributed by atoms with Gasteiger partial charge in [-0.15, -0.1) is 11.6 Å². The lowest BCUT2D eigenvalue weighted by molar-refractivity contribution is -0.130. The van der Waals surface area contributed by atoms with Crippen LogP contribution in [0.5, 0.6) is 0 Å². The second kappa shape index (κ2) is 7.57. The molecule has 0 saturated carbocycles. The van der Waals surface area contributed by atoms with E-state index in [-0.39, 0.29) is 5.91 Å². The monoisotopic (exact) mass is 273 g/mol. The Morgan fingerprint density at radius 3 is 2.41 bits per heavy atom. The van der Waals surface area contributed by atoms with Gasteiger partial charge in [-0.2, -0.15) is 0 Å². The summed E-state index contributed by atoms with van der Waals surface area (Å²) in [6.45, 7) is 3.43. The third-order valence-electron chi connectivity index (χ3n) is 2.47. The molecule has 0 spiro atoms. The molecule has 0 atom stereocenters. The van der Waals surface area contributed by atoms with Gasteiger partial charge in [0.2, 0.25) is 5.91 Å². The van der Waals surface area contributed by atoms with Crippen LogP contribution >= 0.6 is 23.2 Å². The minimum Gasteiger partial charge on any atom is -0.341 e. The first-order valence-corrected chi connectivity index (χ1v) is 6.66. The van der Waals surface area contributed by atoms with Crippen LogP contribution in [0.25, 0.3) is 0 Å². The first-order valence-electron chi connectivity index (χ1n) is 5.75. The number of nitrogens with zero attached hydrogens (tertiary/aromatic N) is 1. The predicted molar refractivity (Wildman–Crippen MR) is 72.7 cm³/mol. The van der Waals surface area contributed by atoms with Crippen molar-refractivity contribution in [3.05, 3.63) is 34.9 Å². The summed E-state index contributed by atoms with van der Waals surface area (Å²) < 4.78 is 0. The number of halogens is 2. The number of hydrogen-bond acceptors (Lipinski definition) is 1. The van der Waals surface area contributed by atoms with Gasteiger partial charge in [-0.1, -0.05) is 30.7 Å². The van der Waals surface area contributed by atoms with Crippen molar-refractivity contribution in [3.8, 4) is 0 Å². The predicted octanol–water partition coefficient (Wildman–Crippen LogP) is 3.36. The molecule has 1 aromatic rings. The van der Waals surface area contributed by atoms with Gasteiger partial charge in [-0.05, 0) is 24.1 Å². The van der Waals surface area contributed by atoms with Gasteiger partial charge < -0.3 is 4.90 Å². The Morgan fingerprint density at radius 1 is 1.24 bits per heavy atom. The Bertz CT molecular complexity index is 345. The van der Waals surface area contributed by atoms with Gasteiger partial charge in [0.15, 0.2) is 0 Å². The van der Waals surface area contributed by atoms with Crippen molar-refractivity contribution in [2.45, 2.75) is 19.8 Å². The fourth-order valence-electron chi connectivity index (χ4n) is 1.62. The van der Waals surface area contributed by atoms with Gasteiger partial charge in [0.25, 0.3) is 0 Å². The molecule has 1 amide bonds. The maximum absolute atomic E-state index is 12.0. The Labute approximate surface area is 113 Å². The number of carbonyl (C=O) groups excluding carboxylic acids is 1. The van der Waals surface area contributed by atoms with Crippen LogP contribution in [0.1, 0.15) is 18.9 Å². The molecule has 94 valence electrons. The Balaban J connectivity index is 2.59. The summed E-state index contributed by atoms with van der Waals surface area (Å²) in [5.41, 5.74) is 0.982. The summed E-state index contributed by atoms with van der Waals surface area (Å²) in [7, 11) is 0. The standard InChI is InChI=1S/C13H17Cl2NO/c1-2-8-16(9-7-14)13(17)10-11-3-5-12(15)6-4-11/h3-6H,2,7-10H2,1H3. The summed E-state index contributed by atoms with van der Waals surface area (Å²) in [4.78, 5) is 13.8. The zero-order valence-electron chi connectivity index (χ0n) is 9.96. The largest absolute Gasteiger partial charge is 0.341 e. The van der Waals surface area contributed by atoms with Gasteiger partial charge in [-0.25, -0.2) is 0 Å². The molecule has 1 aromatic carbocycles. The van der Waals surface area contributed by atoms with Crippen LogP contribution in [0.4, 0.5) is 0 Å². The van der Waals surface area contributed by atoms with E-state index < -0.39 is 0 Å². The molecule has 0 saturated heterocycles. The maximum atomic E-state index is 12.0. The normalized spacial score (nSPS) is 10.3. The quantitative estimate of drug-likeness (QED) is 0.728. The topological polar surface area (TPSA) is 20.3 Å². The van der Waals surface area contributed by atoms with E-state index in [0.29, 0.717) is 23.9 Å². The Morgan fingerprint density at radius 2 is 1.88 bits per heavy atom. The molecule has 2 nitrogen and oxygen atoms in total. The van der Waals surface area contributed by atoms with Crippen molar-refractivity contribution in [1.82, 2.24) is 4.90 Å². The smallest absolute Gasteiger partial charge is 0.227 e. The number of hydrogen-bond donors (Lipinski definition) is 0. The highest BCUT2D eigenvalue weighted by Crippen LogP contribution is 2.11. The van der Waals surface area contributed by atoms with Crippen molar-refractivity contribution in [2.24, 2.45) is 0 Å². The fraction of sp³-hybridized carbons (Fsp3) is 0.462. The van der Waals surface area contributed by atoms with Crippen LogP contribution in [0.2, 0.25) is 5.02 Å². The molecule has 0 aliphatic heterocycles. The van der Waals surface area contributed by atoms with Gasteiger partial charge >= 0.3 is 0 Å². The minimum absolute atomic E-state index is 0.120. The van der Waals surface area contributed by atoms with Gasteiger partial charge in [-0.3, -0.25) is 4.79 Å². The minimum atomic E-state index is 0.120. The van der Waals surface area contributed by atoms with Crippen molar-refractivity contribution in [1.29, 1.82) is 0 Å². The lowest BCUT2D eigenvalue weighted by Gasteiger charge is -2.21. The highest BCUT2D eigenvalue weighted by molar-refractivity contribution is 6.30. The van der Waals surface area contributed by atoms with E-state index in [9.17, 15) is 4.79 Å². The Kier molecular flexibility index (Phi) is 6.38. The van der Waals surface area contributed by atoms with E-state index in [4.69, 9.17) is 23.2 Å². The summed E-state index contributed by atoms with van der Waals surface area (Å²) in [6.07, 6.45) is 1.36. The number of carbonyl (C=O) groups is 1. The molecule has 0 bridgehead atoms. The zero-order chi connectivity index (χ0) is 12.7. The number of amides is 1. The van der Waals surface area contributed by atoms with Crippen molar-refractivity contribution < 1.29 is 4.79 Å². The average Bonchev–Trinajstić information content (AvgIpc) is 2.32. The van der Waals surface area contributed by atoms with Crippen LogP contribution < -0.4 is 0 Å². The second-order valence-corrected chi connectivity index (χ2v) is 4.69. The molecule has 0 N–H and O–H groups in total. The third kappa shape index (κ3) is 4.97. The van der Waals surface area contributed by atoms with Crippen LogP contribution in [0, 0.1) is 0 Å². The molecule has 0 unspecified atom stereocenters. The van der Waals surface area contributed by atoms with Crippen LogP contribution in [-0.4, -0.2) is 29.8 Å². The maximum Gasteiger partial charge on any atom is 0.227 e. The molecule has 0 heterocycles. The average molecular weight is 274 g/mol. The second-order valence-electron chi connectivity index (χ2n) is 3.87. The first-order chi connectivity index (χ1) is 8.17. The number of rotatable bonds is 6. The zero-order valence-corrected chi connectivity index (χ0v) is 11.5. The molecule has 0 aliphatic rings. The molecule has 0 radical (unpaired) electrons. The van der Waals surface area contributed by atoms with E-state index >= 15 is 0 Å². The summed E-state index contributed by atoms with van der Waals surface area (Å²) in [5.74, 6) is 0.599. The molecule has 0 fully saturated rings. The molecular weight excluding hydrogens is 257 g/mol. The van der Waals surface area contributed by atoms with Crippen LogP contribution in [-0.2, 0) is 11.2 Å². The highest BCUT2D eigenvalue weighted by Gasteiger charge is 2.12. The summed E-state index contributed by atoms with van der Waals surface area (Å²) in [5, 5.41) is 0.687. The highest BCUT2D eigenvalue weighted by atomic mass is 35.5. The van der Waals surface area contributed by atoms with E-state index in [0.717, 1.165) is 18.5 Å². The third-order valence-corrected chi connectivity index (χ3v) is 2.89. The van der Waals surface area contributed by atoms with Gasteiger partial charge in [0.05, 0.1) is 6.42 Å².